The average molecular weight is 339 g/mol. The molecule has 2 aliphatic carbocycles. The zero-order valence-corrected chi connectivity index (χ0v) is 13.9. The van der Waals surface area contributed by atoms with Gasteiger partial charge in [0.2, 0.25) is 0 Å². The summed E-state index contributed by atoms with van der Waals surface area (Å²) in [5, 5.41) is 0.380. The van der Waals surface area contributed by atoms with Crippen LogP contribution in [-0.2, 0) is 22.9 Å². The fourth-order valence-electron chi connectivity index (χ4n) is 3.06. The SMILES string of the molecule is O=S(=O)(/N=c1/ccc2cc3c(oc-2c1)CCCC3)c1ccccc1. The van der Waals surface area contributed by atoms with Crippen LogP contribution >= 0.6 is 0 Å². The van der Waals surface area contributed by atoms with Crippen molar-refractivity contribution in [3.63, 3.8) is 0 Å². The minimum absolute atomic E-state index is 0.187. The molecule has 0 aromatic heterocycles. The molecule has 0 fully saturated rings. The van der Waals surface area contributed by atoms with E-state index in [0.29, 0.717) is 11.1 Å². The quantitative estimate of drug-likeness (QED) is 0.717. The van der Waals surface area contributed by atoms with Crippen LogP contribution < -0.4 is 5.36 Å². The normalized spacial score (nSPS) is 15.4. The van der Waals surface area contributed by atoms with Gasteiger partial charge in [0, 0.05) is 18.1 Å². The van der Waals surface area contributed by atoms with Gasteiger partial charge >= 0.3 is 0 Å². The Morgan fingerprint density at radius 2 is 1.71 bits per heavy atom. The van der Waals surface area contributed by atoms with Gasteiger partial charge in [-0.05, 0) is 55.2 Å². The number of rotatable bonds is 2. The lowest BCUT2D eigenvalue weighted by Gasteiger charge is -2.17. The molecule has 122 valence electrons. The van der Waals surface area contributed by atoms with E-state index in [2.05, 4.69) is 10.5 Å². The molecule has 1 aliphatic heterocycles. The Morgan fingerprint density at radius 1 is 0.917 bits per heavy atom. The van der Waals surface area contributed by atoms with Gasteiger partial charge < -0.3 is 4.42 Å². The summed E-state index contributed by atoms with van der Waals surface area (Å²) in [5.41, 5.74) is 2.24. The highest BCUT2D eigenvalue weighted by atomic mass is 32.2. The predicted octanol–water partition coefficient (Wildman–Crippen LogP) is 3.55. The summed E-state index contributed by atoms with van der Waals surface area (Å²) in [6.07, 6.45) is 4.31. The molecular weight excluding hydrogens is 322 g/mol. The summed E-state index contributed by atoms with van der Waals surface area (Å²) in [4.78, 5) is 0.187. The van der Waals surface area contributed by atoms with Gasteiger partial charge in [0.25, 0.3) is 10.0 Å². The van der Waals surface area contributed by atoms with E-state index in [1.807, 2.05) is 6.07 Å². The van der Waals surface area contributed by atoms with Gasteiger partial charge in [-0.1, -0.05) is 18.2 Å². The Bertz CT molecular complexity index is 1020. The summed E-state index contributed by atoms with van der Waals surface area (Å²) in [5.74, 6) is 1.69. The van der Waals surface area contributed by atoms with Crippen molar-refractivity contribution in [1.82, 2.24) is 0 Å². The first kappa shape index (κ1) is 15.1. The van der Waals surface area contributed by atoms with Crippen LogP contribution in [0.25, 0.3) is 11.3 Å². The number of hydrogen-bond donors (Lipinski definition) is 0. The third kappa shape index (κ3) is 2.87. The van der Waals surface area contributed by atoms with Gasteiger partial charge in [-0.15, -0.1) is 0 Å². The number of nitrogens with zero attached hydrogens (tertiary/aromatic N) is 1. The van der Waals surface area contributed by atoms with Gasteiger partial charge in [-0.2, -0.15) is 12.8 Å². The first-order valence-corrected chi connectivity index (χ1v) is 9.48. The topological polar surface area (TPSA) is 59.6 Å². The monoisotopic (exact) mass is 339 g/mol. The third-order valence-corrected chi connectivity index (χ3v) is 5.60. The standard InChI is InChI=1S/C19H17NO3S/c21-24(22,17-7-2-1-3-8-17)20-16-11-10-15-12-14-6-4-5-9-18(14)23-19(15)13-16/h1-3,7-8,10-13H,4-6,9H2/b20-16-. The van der Waals surface area contributed by atoms with Crippen molar-refractivity contribution in [3.05, 3.63) is 71.3 Å². The predicted molar refractivity (Wildman–Crippen MR) is 91.2 cm³/mol. The van der Waals surface area contributed by atoms with E-state index in [1.165, 1.54) is 12.0 Å². The summed E-state index contributed by atoms with van der Waals surface area (Å²) >= 11 is 0. The molecule has 0 N–H and O–H groups in total. The largest absolute Gasteiger partial charge is 0.461 e. The van der Waals surface area contributed by atoms with Crippen LogP contribution in [0.4, 0.5) is 0 Å². The summed E-state index contributed by atoms with van der Waals surface area (Å²) in [6.45, 7) is 0. The molecule has 1 aromatic carbocycles. The van der Waals surface area contributed by atoms with Crippen LogP contribution in [0.2, 0.25) is 0 Å². The van der Waals surface area contributed by atoms with E-state index in [4.69, 9.17) is 4.42 Å². The van der Waals surface area contributed by atoms with Crippen LogP contribution in [0, 0.1) is 0 Å². The van der Waals surface area contributed by atoms with Crippen LogP contribution in [-0.4, -0.2) is 8.42 Å². The van der Waals surface area contributed by atoms with Crippen LogP contribution in [0.1, 0.15) is 24.2 Å². The molecule has 4 rings (SSSR count). The molecule has 1 heterocycles. The Labute approximate surface area is 140 Å². The van der Waals surface area contributed by atoms with Gasteiger partial charge in [-0.25, -0.2) is 0 Å². The Kier molecular flexibility index (Phi) is 3.73. The molecule has 1 aromatic rings. The fraction of sp³-hybridized carbons (Fsp3) is 0.211. The molecule has 0 unspecified atom stereocenters. The fourth-order valence-corrected chi connectivity index (χ4v) is 4.06. The lowest BCUT2D eigenvalue weighted by atomic mass is 9.95. The zero-order valence-electron chi connectivity index (χ0n) is 13.1. The molecule has 5 heteroatoms. The molecular formula is C19H17NO3S. The minimum Gasteiger partial charge on any atom is -0.461 e. The molecule has 0 radical (unpaired) electrons. The van der Waals surface area contributed by atoms with Crippen molar-refractivity contribution in [2.24, 2.45) is 4.40 Å². The number of aryl methyl sites for hydroxylation is 2. The minimum atomic E-state index is -3.72. The van der Waals surface area contributed by atoms with Gasteiger partial charge in [0.05, 0.1) is 10.3 Å². The second-order valence-electron chi connectivity index (χ2n) is 6.00. The maximum atomic E-state index is 12.4. The Hall–Kier alpha value is -2.40. The van der Waals surface area contributed by atoms with Crippen molar-refractivity contribution in [2.45, 2.75) is 30.6 Å². The number of hydrogen-bond acceptors (Lipinski definition) is 3. The molecule has 24 heavy (non-hydrogen) atoms. The van der Waals surface area contributed by atoms with Gasteiger partial charge in [0.15, 0.2) is 0 Å². The molecule has 0 saturated carbocycles. The molecule has 0 spiro atoms. The first-order chi connectivity index (χ1) is 11.6. The van der Waals surface area contributed by atoms with Gasteiger partial charge in [-0.3, -0.25) is 0 Å². The van der Waals surface area contributed by atoms with Crippen molar-refractivity contribution in [1.29, 1.82) is 0 Å². The Balaban J connectivity index is 1.82. The van der Waals surface area contributed by atoms with E-state index in [1.54, 1.807) is 42.5 Å². The highest BCUT2D eigenvalue weighted by Crippen LogP contribution is 2.29. The number of benzene rings is 2. The molecule has 0 bridgehead atoms. The maximum absolute atomic E-state index is 12.4. The molecule has 0 atom stereocenters. The molecule has 3 aliphatic rings. The summed E-state index contributed by atoms with van der Waals surface area (Å²) < 4.78 is 34.7. The van der Waals surface area contributed by atoms with Gasteiger partial charge in [0.1, 0.15) is 11.5 Å². The van der Waals surface area contributed by atoms with E-state index >= 15 is 0 Å². The third-order valence-electron chi connectivity index (χ3n) is 4.28. The molecule has 0 amide bonds. The molecule has 4 nitrogen and oxygen atoms in total. The molecule has 0 saturated heterocycles. The highest BCUT2D eigenvalue weighted by Gasteiger charge is 2.16. The summed E-state index contributed by atoms with van der Waals surface area (Å²) in [7, 11) is -3.72. The van der Waals surface area contributed by atoms with E-state index in [0.717, 1.165) is 30.6 Å². The van der Waals surface area contributed by atoms with Crippen LogP contribution in [0.3, 0.4) is 0 Å². The average Bonchev–Trinajstić information content (AvgIpc) is 2.60. The van der Waals surface area contributed by atoms with Crippen LogP contribution in [0.5, 0.6) is 0 Å². The van der Waals surface area contributed by atoms with E-state index < -0.39 is 10.0 Å². The lowest BCUT2D eigenvalue weighted by molar-refractivity contribution is 0.464. The highest BCUT2D eigenvalue weighted by molar-refractivity contribution is 7.90. The summed E-state index contributed by atoms with van der Waals surface area (Å²) in [6, 6.07) is 15.7. The smallest absolute Gasteiger partial charge is 0.282 e. The van der Waals surface area contributed by atoms with E-state index in [-0.39, 0.29) is 4.90 Å². The van der Waals surface area contributed by atoms with E-state index in [9.17, 15) is 8.42 Å². The zero-order chi connectivity index (χ0) is 16.6. The second-order valence-corrected chi connectivity index (χ2v) is 7.61. The van der Waals surface area contributed by atoms with Crippen molar-refractivity contribution < 1.29 is 12.8 Å². The lowest BCUT2D eigenvalue weighted by Crippen LogP contribution is -2.09. The number of sulfonamides is 1. The van der Waals surface area contributed by atoms with Crippen molar-refractivity contribution in [2.75, 3.05) is 0 Å². The second kappa shape index (κ2) is 5.91. The maximum Gasteiger partial charge on any atom is 0.282 e. The van der Waals surface area contributed by atoms with Crippen molar-refractivity contribution >= 4 is 10.0 Å². The number of fused-ring (bicyclic) bond motifs is 2. The first-order valence-electron chi connectivity index (χ1n) is 8.04. The Morgan fingerprint density at radius 3 is 2.54 bits per heavy atom. The van der Waals surface area contributed by atoms with Crippen molar-refractivity contribution in [3.8, 4) is 11.3 Å². The van der Waals surface area contributed by atoms with Crippen LogP contribution in [0.15, 0.2) is 68.3 Å².